The van der Waals surface area contributed by atoms with Crippen LogP contribution in [-0.2, 0) is 16.0 Å². The molecule has 0 radical (unpaired) electrons. The van der Waals surface area contributed by atoms with E-state index in [2.05, 4.69) is 6.07 Å². The van der Waals surface area contributed by atoms with Crippen molar-refractivity contribution < 1.29 is 14.7 Å². The molecule has 0 aromatic heterocycles. The first-order chi connectivity index (χ1) is 9.40. The number of carbonyl (C=O) groups is 2. The molecule has 0 saturated heterocycles. The highest BCUT2D eigenvalue weighted by Crippen LogP contribution is 2.34. The van der Waals surface area contributed by atoms with Crippen molar-refractivity contribution in [1.82, 2.24) is 0 Å². The number of amides is 1. The Bertz CT molecular complexity index is 551. The van der Waals surface area contributed by atoms with E-state index in [1.807, 2.05) is 19.9 Å². The number of aryl methyl sites for hydroxylation is 1. The summed E-state index contributed by atoms with van der Waals surface area (Å²) in [5.41, 5.74) is 4.36. The molecule has 1 aliphatic rings. The van der Waals surface area contributed by atoms with Crippen LogP contribution in [0.1, 0.15) is 36.5 Å². The molecule has 1 N–H and O–H groups in total. The molecule has 0 aliphatic carbocycles. The minimum Gasteiger partial charge on any atom is -0.481 e. The first kappa shape index (κ1) is 14.6. The standard InChI is InChI=1S/C16H21NO3/c1-10-4-5-14-8-13(9-15(19)20)6-7-17(12(3)18)16(14)11(10)2/h4-5,13H,6-9H2,1-3H3,(H,19,20). The molecule has 0 bridgehead atoms. The maximum atomic E-state index is 11.9. The van der Waals surface area contributed by atoms with Crippen molar-refractivity contribution in [3.05, 3.63) is 28.8 Å². The Morgan fingerprint density at radius 3 is 2.65 bits per heavy atom. The van der Waals surface area contributed by atoms with E-state index >= 15 is 0 Å². The lowest BCUT2D eigenvalue weighted by molar-refractivity contribution is -0.138. The first-order valence-electron chi connectivity index (χ1n) is 6.99. The first-order valence-corrected chi connectivity index (χ1v) is 6.99. The van der Waals surface area contributed by atoms with Gasteiger partial charge in [0.1, 0.15) is 0 Å². The summed E-state index contributed by atoms with van der Waals surface area (Å²) in [5.74, 6) is -0.648. The summed E-state index contributed by atoms with van der Waals surface area (Å²) in [7, 11) is 0. The molecule has 1 amide bonds. The SMILES string of the molecule is CC(=O)N1CCC(CC(=O)O)Cc2ccc(C)c(C)c21. The van der Waals surface area contributed by atoms with E-state index in [9.17, 15) is 9.59 Å². The fourth-order valence-electron chi connectivity index (χ4n) is 2.97. The average molecular weight is 275 g/mol. The van der Waals surface area contributed by atoms with Crippen LogP contribution in [-0.4, -0.2) is 23.5 Å². The van der Waals surface area contributed by atoms with Crippen LogP contribution in [0.5, 0.6) is 0 Å². The summed E-state index contributed by atoms with van der Waals surface area (Å²) in [6, 6.07) is 4.09. The zero-order valence-electron chi connectivity index (χ0n) is 12.3. The number of carbonyl (C=O) groups excluding carboxylic acids is 1. The second-order valence-electron chi connectivity index (χ2n) is 5.64. The number of hydrogen-bond acceptors (Lipinski definition) is 2. The van der Waals surface area contributed by atoms with Crippen molar-refractivity contribution in [2.24, 2.45) is 5.92 Å². The Hall–Kier alpha value is -1.84. The predicted octanol–water partition coefficient (Wildman–Crippen LogP) is 2.69. The number of carboxylic acid groups (broad SMARTS) is 1. The quantitative estimate of drug-likeness (QED) is 0.902. The summed E-state index contributed by atoms with van der Waals surface area (Å²) in [4.78, 5) is 24.7. The van der Waals surface area contributed by atoms with Gasteiger partial charge < -0.3 is 10.0 Å². The monoisotopic (exact) mass is 275 g/mol. The number of benzene rings is 1. The maximum Gasteiger partial charge on any atom is 0.303 e. The lowest BCUT2D eigenvalue weighted by Crippen LogP contribution is -2.30. The molecule has 0 fully saturated rings. The summed E-state index contributed by atoms with van der Waals surface area (Å²) in [6.07, 6.45) is 1.63. The maximum absolute atomic E-state index is 11.9. The number of fused-ring (bicyclic) bond motifs is 1. The third-order valence-corrected chi connectivity index (χ3v) is 4.17. The van der Waals surface area contributed by atoms with E-state index in [1.165, 1.54) is 0 Å². The van der Waals surface area contributed by atoms with Gasteiger partial charge in [0, 0.05) is 25.6 Å². The summed E-state index contributed by atoms with van der Waals surface area (Å²) >= 11 is 0. The van der Waals surface area contributed by atoms with Crippen molar-refractivity contribution in [3.8, 4) is 0 Å². The number of hydrogen-bond donors (Lipinski definition) is 1. The summed E-state index contributed by atoms with van der Waals surface area (Å²) in [5, 5.41) is 9.00. The van der Waals surface area contributed by atoms with Crippen molar-refractivity contribution in [2.75, 3.05) is 11.4 Å². The molecule has 0 saturated carbocycles. The predicted molar refractivity (Wildman–Crippen MR) is 78.0 cm³/mol. The molecular weight excluding hydrogens is 254 g/mol. The highest BCUT2D eigenvalue weighted by atomic mass is 16.4. The minimum atomic E-state index is -0.767. The van der Waals surface area contributed by atoms with Gasteiger partial charge in [-0.25, -0.2) is 0 Å². The number of carboxylic acids is 1. The van der Waals surface area contributed by atoms with Crippen molar-refractivity contribution in [3.63, 3.8) is 0 Å². The van der Waals surface area contributed by atoms with Gasteiger partial charge in [-0.3, -0.25) is 9.59 Å². The van der Waals surface area contributed by atoms with Crippen LogP contribution in [0.15, 0.2) is 12.1 Å². The van der Waals surface area contributed by atoms with E-state index in [1.54, 1.807) is 11.8 Å². The van der Waals surface area contributed by atoms with Gasteiger partial charge in [-0.15, -0.1) is 0 Å². The van der Waals surface area contributed by atoms with Gasteiger partial charge in [0.2, 0.25) is 5.91 Å². The van der Waals surface area contributed by atoms with Crippen LogP contribution in [0.25, 0.3) is 0 Å². The van der Waals surface area contributed by atoms with Crippen molar-refractivity contribution in [1.29, 1.82) is 0 Å². The molecule has 20 heavy (non-hydrogen) atoms. The molecule has 2 rings (SSSR count). The summed E-state index contributed by atoms with van der Waals surface area (Å²) in [6.45, 7) is 6.24. The van der Waals surface area contributed by atoms with Crippen molar-refractivity contribution in [2.45, 2.75) is 40.0 Å². The Morgan fingerprint density at radius 2 is 2.05 bits per heavy atom. The topological polar surface area (TPSA) is 57.6 Å². The summed E-state index contributed by atoms with van der Waals surface area (Å²) < 4.78 is 0. The van der Waals surface area contributed by atoms with E-state index in [0.717, 1.165) is 35.2 Å². The Labute approximate surface area is 119 Å². The third kappa shape index (κ3) is 2.84. The van der Waals surface area contributed by atoms with Crippen LogP contribution in [0.4, 0.5) is 5.69 Å². The molecule has 1 atom stereocenters. The van der Waals surface area contributed by atoms with Gasteiger partial charge in [0.15, 0.2) is 0 Å². The van der Waals surface area contributed by atoms with E-state index in [4.69, 9.17) is 5.11 Å². The third-order valence-electron chi connectivity index (χ3n) is 4.17. The molecular formula is C16H21NO3. The van der Waals surface area contributed by atoms with Gasteiger partial charge in [0.05, 0.1) is 0 Å². The van der Waals surface area contributed by atoms with Gasteiger partial charge in [-0.1, -0.05) is 12.1 Å². The number of aliphatic carboxylic acids is 1. The molecule has 4 nitrogen and oxygen atoms in total. The van der Waals surface area contributed by atoms with Crippen LogP contribution in [0.3, 0.4) is 0 Å². The largest absolute Gasteiger partial charge is 0.481 e. The van der Waals surface area contributed by atoms with Gasteiger partial charge in [-0.05, 0) is 49.3 Å². The molecule has 1 unspecified atom stereocenters. The second-order valence-corrected chi connectivity index (χ2v) is 5.64. The molecule has 1 heterocycles. The van der Waals surface area contributed by atoms with E-state index in [-0.39, 0.29) is 18.2 Å². The zero-order valence-corrected chi connectivity index (χ0v) is 12.3. The highest BCUT2D eigenvalue weighted by molar-refractivity contribution is 5.93. The van der Waals surface area contributed by atoms with Gasteiger partial charge in [0.25, 0.3) is 0 Å². The molecule has 1 aliphatic heterocycles. The molecule has 1 aromatic carbocycles. The van der Waals surface area contributed by atoms with Crippen LogP contribution < -0.4 is 4.90 Å². The molecule has 1 aromatic rings. The second kappa shape index (κ2) is 5.65. The van der Waals surface area contributed by atoms with Gasteiger partial charge in [-0.2, -0.15) is 0 Å². The van der Waals surface area contributed by atoms with E-state index < -0.39 is 5.97 Å². The van der Waals surface area contributed by atoms with E-state index in [0.29, 0.717) is 6.54 Å². The van der Waals surface area contributed by atoms with Gasteiger partial charge >= 0.3 is 5.97 Å². The normalized spacial score (nSPS) is 18.4. The fourth-order valence-corrected chi connectivity index (χ4v) is 2.97. The van der Waals surface area contributed by atoms with Crippen LogP contribution in [0.2, 0.25) is 0 Å². The Morgan fingerprint density at radius 1 is 1.35 bits per heavy atom. The lowest BCUT2D eigenvalue weighted by atomic mass is 9.92. The number of anilines is 1. The average Bonchev–Trinajstić information content (AvgIpc) is 2.53. The Kier molecular flexibility index (Phi) is 4.12. The van der Waals surface area contributed by atoms with Crippen molar-refractivity contribution >= 4 is 17.6 Å². The molecule has 108 valence electrons. The fraction of sp³-hybridized carbons (Fsp3) is 0.500. The van der Waals surface area contributed by atoms with Crippen LogP contribution in [0, 0.1) is 19.8 Å². The zero-order chi connectivity index (χ0) is 14.9. The minimum absolute atomic E-state index is 0.0240. The number of rotatable bonds is 2. The smallest absolute Gasteiger partial charge is 0.303 e. The Balaban J connectivity index is 2.44. The lowest BCUT2D eigenvalue weighted by Gasteiger charge is -2.24. The molecule has 0 spiro atoms. The highest BCUT2D eigenvalue weighted by Gasteiger charge is 2.26. The molecule has 4 heteroatoms. The van der Waals surface area contributed by atoms with Crippen LogP contribution >= 0.6 is 0 Å². The number of nitrogens with zero attached hydrogens (tertiary/aromatic N) is 1.